The molecule has 2 heterocycles. The van der Waals surface area contributed by atoms with Crippen LogP contribution in [-0.2, 0) is 14.8 Å². The lowest BCUT2D eigenvalue weighted by molar-refractivity contribution is -0.119. The number of para-hydroxylation sites is 3. The van der Waals surface area contributed by atoms with Gasteiger partial charge in [-0.3, -0.25) is 4.79 Å². The molecule has 5 rings (SSSR count). The molecule has 0 bridgehead atoms. The summed E-state index contributed by atoms with van der Waals surface area (Å²) in [5, 5.41) is 3.87. The normalized spacial score (nSPS) is 13.0. The first-order chi connectivity index (χ1) is 16.8. The highest BCUT2D eigenvalue weighted by Gasteiger charge is 2.25. The Kier molecular flexibility index (Phi) is 5.74. The van der Waals surface area contributed by atoms with Gasteiger partial charge in [0.1, 0.15) is 11.6 Å². The van der Waals surface area contributed by atoms with Gasteiger partial charge in [0.2, 0.25) is 15.9 Å². The average Bonchev–Trinajstić information content (AvgIpc) is 3.17. The van der Waals surface area contributed by atoms with Gasteiger partial charge in [-0.25, -0.2) is 22.7 Å². The van der Waals surface area contributed by atoms with Crippen molar-refractivity contribution in [2.24, 2.45) is 0 Å². The van der Waals surface area contributed by atoms with Crippen LogP contribution in [0.2, 0.25) is 0 Å². The molecule has 2 aromatic heterocycles. The van der Waals surface area contributed by atoms with E-state index in [4.69, 9.17) is 9.97 Å². The van der Waals surface area contributed by atoms with Crippen molar-refractivity contribution in [2.75, 3.05) is 19.4 Å². The number of rotatable bonds is 6. The number of hydrogen-bond acceptors (Lipinski definition) is 5. The number of hydrogen-bond donors (Lipinski definition) is 1. The molecular weight excluding hydrogens is 462 g/mol. The smallest absolute Gasteiger partial charge is 0.247 e. The Bertz CT molecular complexity index is 1670. The maximum Gasteiger partial charge on any atom is 0.247 e. The topological polar surface area (TPSA) is 97.2 Å². The summed E-state index contributed by atoms with van der Waals surface area (Å²) in [7, 11) is -0.582. The van der Waals surface area contributed by atoms with Crippen LogP contribution in [0.3, 0.4) is 0 Å². The fourth-order valence-corrected chi connectivity index (χ4v) is 5.19. The largest absolute Gasteiger partial charge is 0.324 e. The summed E-state index contributed by atoms with van der Waals surface area (Å²) >= 11 is 0. The zero-order chi connectivity index (χ0) is 24.7. The van der Waals surface area contributed by atoms with Crippen LogP contribution in [0.5, 0.6) is 0 Å². The Morgan fingerprint density at radius 1 is 0.943 bits per heavy atom. The van der Waals surface area contributed by atoms with Crippen molar-refractivity contribution >= 4 is 54.7 Å². The molecule has 0 aliphatic rings. The number of nitrogens with one attached hydrogen (secondary N) is 1. The van der Waals surface area contributed by atoms with Crippen LogP contribution in [0.4, 0.5) is 5.69 Å². The molecular formula is C26H25N5O3S. The minimum absolute atomic E-state index is 0.164. The van der Waals surface area contributed by atoms with Crippen LogP contribution in [-0.4, -0.2) is 47.3 Å². The zero-order valence-electron chi connectivity index (χ0n) is 19.6. The SMILES string of the molecule is CCC(C(=O)Nc1ccc(S(=O)(=O)N(C)C)cc1)n1c2ccccc2c2nc3ccccc3nc21. The van der Waals surface area contributed by atoms with Crippen molar-refractivity contribution in [3.8, 4) is 0 Å². The lowest BCUT2D eigenvalue weighted by Gasteiger charge is -2.19. The number of fused-ring (bicyclic) bond motifs is 4. The van der Waals surface area contributed by atoms with E-state index in [1.54, 1.807) is 12.1 Å². The van der Waals surface area contributed by atoms with Gasteiger partial charge in [-0.2, -0.15) is 0 Å². The highest BCUT2D eigenvalue weighted by molar-refractivity contribution is 7.89. The standard InChI is InChI=1S/C26H25N5O3S/c1-4-22(26(32)27-17-13-15-18(16-14-17)35(33,34)30(2)3)31-23-12-8-5-9-19(23)24-25(31)29-21-11-7-6-10-20(21)28-24/h5-16,22H,4H2,1-3H3,(H,27,32). The quantitative estimate of drug-likeness (QED) is 0.378. The fraction of sp³-hybridized carbons (Fsp3) is 0.192. The minimum atomic E-state index is -3.54. The number of nitrogens with zero attached hydrogens (tertiary/aromatic N) is 4. The molecule has 5 aromatic rings. The summed E-state index contributed by atoms with van der Waals surface area (Å²) in [6, 6.07) is 21.2. The first-order valence-corrected chi connectivity index (χ1v) is 12.7. The van der Waals surface area contributed by atoms with Gasteiger partial charge in [-0.15, -0.1) is 0 Å². The van der Waals surface area contributed by atoms with Crippen molar-refractivity contribution in [3.05, 3.63) is 72.8 Å². The third-order valence-corrected chi connectivity index (χ3v) is 7.93. The van der Waals surface area contributed by atoms with Gasteiger partial charge in [0, 0.05) is 25.2 Å². The molecule has 1 N–H and O–H groups in total. The summed E-state index contributed by atoms with van der Waals surface area (Å²) in [4.78, 5) is 23.4. The molecule has 35 heavy (non-hydrogen) atoms. The molecule has 1 amide bonds. The van der Waals surface area contributed by atoms with Gasteiger partial charge in [0.25, 0.3) is 0 Å². The van der Waals surface area contributed by atoms with Gasteiger partial charge in [-0.05, 0) is 48.9 Å². The lowest BCUT2D eigenvalue weighted by atomic mass is 10.2. The number of benzene rings is 3. The molecule has 3 aromatic carbocycles. The molecule has 1 atom stereocenters. The minimum Gasteiger partial charge on any atom is -0.324 e. The van der Waals surface area contributed by atoms with E-state index in [0.29, 0.717) is 17.8 Å². The van der Waals surface area contributed by atoms with E-state index in [9.17, 15) is 13.2 Å². The second kappa shape index (κ2) is 8.75. The number of sulfonamides is 1. The van der Waals surface area contributed by atoms with Crippen LogP contribution < -0.4 is 5.32 Å². The van der Waals surface area contributed by atoms with Gasteiger partial charge in [0.15, 0.2) is 5.65 Å². The summed E-state index contributed by atoms with van der Waals surface area (Å²) < 4.78 is 27.8. The predicted molar refractivity (Wildman–Crippen MR) is 138 cm³/mol. The first kappa shape index (κ1) is 22.9. The maximum atomic E-state index is 13.5. The zero-order valence-corrected chi connectivity index (χ0v) is 20.5. The van der Waals surface area contributed by atoms with Gasteiger partial charge >= 0.3 is 0 Å². The molecule has 0 aliphatic carbocycles. The molecule has 0 fully saturated rings. The van der Waals surface area contributed by atoms with Crippen molar-refractivity contribution in [1.82, 2.24) is 18.8 Å². The third-order valence-electron chi connectivity index (χ3n) is 6.10. The lowest BCUT2D eigenvalue weighted by Crippen LogP contribution is -2.26. The van der Waals surface area contributed by atoms with E-state index in [2.05, 4.69) is 5.32 Å². The Morgan fingerprint density at radius 2 is 1.57 bits per heavy atom. The Morgan fingerprint density at radius 3 is 2.23 bits per heavy atom. The number of aromatic nitrogens is 3. The number of amides is 1. The molecule has 1 unspecified atom stereocenters. The summed E-state index contributed by atoms with van der Waals surface area (Å²) in [5.74, 6) is -0.215. The van der Waals surface area contributed by atoms with Crippen LogP contribution in [0.25, 0.3) is 33.1 Å². The van der Waals surface area contributed by atoms with Gasteiger partial charge in [0.05, 0.1) is 21.4 Å². The van der Waals surface area contributed by atoms with E-state index >= 15 is 0 Å². The average molecular weight is 488 g/mol. The highest BCUT2D eigenvalue weighted by Crippen LogP contribution is 2.32. The first-order valence-electron chi connectivity index (χ1n) is 11.3. The molecule has 8 nitrogen and oxygen atoms in total. The van der Waals surface area contributed by atoms with Gasteiger partial charge in [-0.1, -0.05) is 37.3 Å². The van der Waals surface area contributed by atoms with E-state index in [-0.39, 0.29) is 10.8 Å². The maximum absolute atomic E-state index is 13.5. The Balaban J connectivity index is 1.56. The molecule has 0 spiro atoms. The number of carbonyl (C=O) groups is 1. The number of carbonyl (C=O) groups excluding carboxylic acids is 1. The van der Waals surface area contributed by atoms with E-state index < -0.39 is 16.1 Å². The Hall–Kier alpha value is -3.82. The Labute approximate surface area is 203 Å². The highest BCUT2D eigenvalue weighted by atomic mass is 32.2. The van der Waals surface area contributed by atoms with Gasteiger partial charge < -0.3 is 9.88 Å². The fourth-order valence-electron chi connectivity index (χ4n) is 4.28. The number of anilines is 1. The van der Waals surface area contributed by atoms with Crippen LogP contribution in [0.1, 0.15) is 19.4 Å². The van der Waals surface area contributed by atoms with Crippen molar-refractivity contribution in [3.63, 3.8) is 0 Å². The molecule has 0 radical (unpaired) electrons. The van der Waals surface area contributed by atoms with Crippen molar-refractivity contribution < 1.29 is 13.2 Å². The molecule has 0 aliphatic heterocycles. The van der Waals surface area contributed by atoms with Crippen LogP contribution >= 0.6 is 0 Å². The molecule has 178 valence electrons. The molecule has 0 saturated carbocycles. The van der Waals surface area contributed by atoms with Crippen LogP contribution in [0, 0.1) is 0 Å². The summed E-state index contributed by atoms with van der Waals surface area (Å²) in [6.45, 7) is 1.95. The van der Waals surface area contributed by atoms with Crippen molar-refractivity contribution in [2.45, 2.75) is 24.3 Å². The predicted octanol–water partition coefficient (Wildman–Crippen LogP) is 4.58. The molecule has 9 heteroatoms. The van der Waals surface area contributed by atoms with Crippen LogP contribution in [0.15, 0.2) is 77.7 Å². The summed E-state index contributed by atoms with van der Waals surface area (Å²) in [5.41, 5.74) is 4.36. The third kappa shape index (κ3) is 3.92. The second-order valence-electron chi connectivity index (χ2n) is 8.50. The molecule has 0 saturated heterocycles. The van der Waals surface area contributed by atoms with E-state index in [0.717, 1.165) is 31.8 Å². The monoisotopic (exact) mass is 487 g/mol. The second-order valence-corrected chi connectivity index (χ2v) is 10.6. The van der Waals surface area contributed by atoms with Crippen molar-refractivity contribution in [1.29, 1.82) is 0 Å². The summed E-state index contributed by atoms with van der Waals surface area (Å²) in [6.07, 6.45) is 0.529. The van der Waals surface area contributed by atoms with E-state index in [1.807, 2.05) is 60.0 Å². The van der Waals surface area contributed by atoms with E-state index in [1.165, 1.54) is 26.2 Å².